The van der Waals surface area contributed by atoms with Gasteiger partial charge in [-0.15, -0.1) is 0 Å². The van der Waals surface area contributed by atoms with E-state index in [1.807, 2.05) is 30.1 Å². The molecule has 0 bridgehead atoms. The maximum Gasteiger partial charge on any atom is 0.387 e. The summed E-state index contributed by atoms with van der Waals surface area (Å²) >= 11 is 0. The van der Waals surface area contributed by atoms with E-state index >= 15 is 0 Å². The third kappa shape index (κ3) is 5.19. The average Bonchev–Trinajstić information content (AvgIpc) is 2.86. The van der Waals surface area contributed by atoms with Crippen molar-refractivity contribution in [1.82, 2.24) is 4.98 Å². The van der Waals surface area contributed by atoms with E-state index in [0.717, 1.165) is 29.1 Å². The summed E-state index contributed by atoms with van der Waals surface area (Å²) in [4.78, 5) is 18.1. The van der Waals surface area contributed by atoms with Gasteiger partial charge in [0.05, 0.1) is 31.2 Å². The highest BCUT2D eigenvalue weighted by Crippen LogP contribution is 2.38. The molecule has 34 heavy (non-hydrogen) atoms. The topological polar surface area (TPSA) is 72.9 Å². The molecule has 2 heterocycles. The molecule has 0 saturated heterocycles. The number of aromatic nitrogens is 1. The second-order valence-electron chi connectivity index (χ2n) is 7.78. The molecule has 1 N–H and O–H groups in total. The van der Waals surface area contributed by atoms with Crippen LogP contribution in [0.15, 0.2) is 60.9 Å². The third-order valence-corrected chi connectivity index (χ3v) is 5.76. The maximum atomic E-state index is 12.4. The minimum absolute atomic E-state index is 0.111. The quantitative estimate of drug-likeness (QED) is 0.454. The Kier molecular flexibility index (Phi) is 7.10. The molecule has 2 aromatic carbocycles. The number of carbonyl (C=O) groups is 1. The number of ether oxygens (including phenoxy) is 3. The van der Waals surface area contributed by atoms with Gasteiger partial charge in [-0.25, -0.2) is 4.79 Å². The fourth-order valence-electron chi connectivity index (χ4n) is 3.93. The van der Waals surface area contributed by atoms with Crippen molar-refractivity contribution in [2.45, 2.75) is 19.0 Å². The van der Waals surface area contributed by atoms with E-state index in [0.29, 0.717) is 24.4 Å². The molecule has 0 unspecified atom stereocenters. The van der Waals surface area contributed by atoms with Crippen LogP contribution in [-0.2, 0) is 4.74 Å². The Labute approximate surface area is 196 Å². The Bertz CT molecular complexity index is 1140. The highest BCUT2D eigenvalue weighted by Gasteiger charge is 2.23. The second kappa shape index (κ2) is 10.4. The SMILES string of the molecule is COC(=O)c1ccncc1NC[C@@H]1CCOc2cc(N(C)c3ccc(OC(F)F)cc3)ccc21. The molecule has 1 aliphatic rings. The molecule has 4 rings (SSSR count). The molecule has 0 fully saturated rings. The van der Waals surface area contributed by atoms with Gasteiger partial charge in [0.15, 0.2) is 0 Å². The van der Waals surface area contributed by atoms with Crippen LogP contribution < -0.4 is 19.7 Å². The number of fused-ring (bicyclic) bond motifs is 1. The van der Waals surface area contributed by atoms with Crippen LogP contribution in [0.3, 0.4) is 0 Å². The lowest BCUT2D eigenvalue weighted by Gasteiger charge is -2.28. The lowest BCUT2D eigenvalue weighted by molar-refractivity contribution is -0.0498. The number of alkyl halides is 2. The Balaban J connectivity index is 1.48. The Morgan fingerprint density at radius 1 is 1.21 bits per heavy atom. The van der Waals surface area contributed by atoms with Gasteiger partial charge in [-0.05, 0) is 48.4 Å². The minimum atomic E-state index is -2.85. The van der Waals surface area contributed by atoms with E-state index in [2.05, 4.69) is 15.0 Å². The summed E-state index contributed by atoms with van der Waals surface area (Å²) in [5.74, 6) is 0.665. The molecule has 0 radical (unpaired) electrons. The fourth-order valence-corrected chi connectivity index (χ4v) is 3.93. The largest absolute Gasteiger partial charge is 0.493 e. The summed E-state index contributed by atoms with van der Waals surface area (Å²) in [6.45, 7) is -1.68. The highest BCUT2D eigenvalue weighted by molar-refractivity contribution is 5.95. The first-order valence-corrected chi connectivity index (χ1v) is 10.8. The predicted molar refractivity (Wildman–Crippen MR) is 124 cm³/mol. The van der Waals surface area contributed by atoms with E-state index in [1.54, 1.807) is 30.6 Å². The number of esters is 1. The number of halogens is 2. The van der Waals surface area contributed by atoms with Crippen molar-refractivity contribution in [3.63, 3.8) is 0 Å². The molecule has 1 aliphatic heterocycles. The minimum Gasteiger partial charge on any atom is -0.493 e. The van der Waals surface area contributed by atoms with Gasteiger partial charge in [0.1, 0.15) is 11.5 Å². The smallest absolute Gasteiger partial charge is 0.387 e. The summed E-state index contributed by atoms with van der Waals surface area (Å²) in [6.07, 6.45) is 4.00. The molecule has 1 atom stereocenters. The standard InChI is InChI=1S/C25H25F2N3O4/c1-30(17-3-6-19(7-4-17)34-25(26)27)18-5-8-20-16(10-12-33-23(20)13-18)14-29-22-15-28-11-9-21(22)24(31)32-2/h3-9,11,13,15-16,25,29H,10,12,14H2,1-2H3/t16-/m0/s1. The molecule has 9 heteroatoms. The van der Waals surface area contributed by atoms with Gasteiger partial charge in [0.2, 0.25) is 0 Å². The molecular formula is C25H25F2N3O4. The molecule has 178 valence electrons. The second-order valence-corrected chi connectivity index (χ2v) is 7.78. The van der Waals surface area contributed by atoms with Gasteiger partial charge in [-0.3, -0.25) is 4.98 Å². The summed E-state index contributed by atoms with van der Waals surface area (Å²) < 4.78 is 40.0. The van der Waals surface area contributed by atoms with Crippen LogP contribution in [0.4, 0.5) is 25.8 Å². The van der Waals surface area contributed by atoms with Crippen molar-refractivity contribution >= 4 is 23.0 Å². The normalized spacial score (nSPS) is 14.7. The lowest BCUT2D eigenvalue weighted by atomic mass is 9.92. The Morgan fingerprint density at radius 2 is 1.97 bits per heavy atom. The first kappa shape index (κ1) is 23.3. The van der Waals surface area contributed by atoms with Gasteiger partial charge >= 0.3 is 12.6 Å². The maximum absolute atomic E-state index is 12.4. The van der Waals surface area contributed by atoms with Crippen LogP contribution in [0.1, 0.15) is 28.3 Å². The number of hydrogen-bond donors (Lipinski definition) is 1. The number of anilines is 3. The third-order valence-electron chi connectivity index (χ3n) is 5.76. The van der Waals surface area contributed by atoms with Gasteiger partial charge in [0.25, 0.3) is 0 Å². The summed E-state index contributed by atoms with van der Waals surface area (Å²) in [5, 5.41) is 3.33. The van der Waals surface area contributed by atoms with Crippen molar-refractivity contribution in [3.05, 3.63) is 72.1 Å². The molecule has 0 spiro atoms. The zero-order chi connectivity index (χ0) is 24.1. The first-order chi connectivity index (χ1) is 16.5. The summed E-state index contributed by atoms with van der Waals surface area (Å²) in [5.41, 5.74) is 3.85. The lowest BCUT2D eigenvalue weighted by Crippen LogP contribution is -2.22. The van der Waals surface area contributed by atoms with E-state index in [9.17, 15) is 13.6 Å². The van der Waals surface area contributed by atoms with Crippen LogP contribution in [0, 0.1) is 0 Å². The fraction of sp³-hybridized carbons (Fsp3) is 0.280. The number of nitrogens with one attached hydrogen (secondary N) is 1. The average molecular weight is 469 g/mol. The molecule has 0 saturated carbocycles. The molecular weight excluding hydrogens is 444 g/mol. The predicted octanol–water partition coefficient (Wildman–Crippen LogP) is 5.22. The van der Waals surface area contributed by atoms with Gasteiger partial charge in [0, 0.05) is 43.1 Å². The molecule has 0 amide bonds. The zero-order valence-electron chi connectivity index (χ0n) is 18.8. The van der Waals surface area contributed by atoms with Crippen LogP contribution in [0.25, 0.3) is 0 Å². The van der Waals surface area contributed by atoms with Crippen LogP contribution in [-0.4, -0.2) is 44.9 Å². The van der Waals surface area contributed by atoms with Gasteiger partial charge in [-0.2, -0.15) is 8.78 Å². The number of rotatable bonds is 8. The van der Waals surface area contributed by atoms with Crippen molar-refractivity contribution in [2.24, 2.45) is 0 Å². The summed E-state index contributed by atoms with van der Waals surface area (Å²) in [7, 11) is 3.24. The number of hydrogen-bond acceptors (Lipinski definition) is 7. The van der Waals surface area contributed by atoms with Crippen molar-refractivity contribution < 1.29 is 27.8 Å². The molecule has 0 aliphatic carbocycles. The van der Waals surface area contributed by atoms with E-state index < -0.39 is 12.6 Å². The van der Waals surface area contributed by atoms with Crippen LogP contribution >= 0.6 is 0 Å². The van der Waals surface area contributed by atoms with Gasteiger partial charge < -0.3 is 24.4 Å². The molecule has 3 aromatic rings. The van der Waals surface area contributed by atoms with Crippen molar-refractivity contribution in [2.75, 3.05) is 37.5 Å². The molecule has 7 nitrogen and oxygen atoms in total. The summed E-state index contributed by atoms with van der Waals surface area (Å²) in [6, 6.07) is 14.1. The van der Waals surface area contributed by atoms with E-state index in [-0.39, 0.29) is 11.7 Å². The zero-order valence-corrected chi connectivity index (χ0v) is 18.8. The first-order valence-electron chi connectivity index (χ1n) is 10.8. The molecule has 1 aromatic heterocycles. The van der Waals surface area contributed by atoms with Crippen molar-refractivity contribution in [3.8, 4) is 11.5 Å². The van der Waals surface area contributed by atoms with Crippen molar-refractivity contribution in [1.29, 1.82) is 0 Å². The number of carbonyl (C=O) groups excluding carboxylic acids is 1. The number of nitrogens with zero attached hydrogens (tertiary/aromatic N) is 2. The number of pyridine rings is 1. The monoisotopic (exact) mass is 469 g/mol. The van der Waals surface area contributed by atoms with Gasteiger partial charge in [-0.1, -0.05) is 6.07 Å². The highest BCUT2D eigenvalue weighted by atomic mass is 19.3. The van der Waals surface area contributed by atoms with Crippen LogP contribution in [0.5, 0.6) is 11.5 Å². The Hall–Kier alpha value is -3.88. The van der Waals surface area contributed by atoms with E-state index in [1.165, 1.54) is 19.2 Å². The number of benzene rings is 2. The van der Waals surface area contributed by atoms with E-state index in [4.69, 9.17) is 9.47 Å². The number of methoxy groups -OCH3 is 1. The Morgan fingerprint density at radius 3 is 2.71 bits per heavy atom. The van der Waals surface area contributed by atoms with Crippen LogP contribution in [0.2, 0.25) is 0 Å².